The van der Waals surface area contributed by atoms with Crippen molar-refractivity contribution in [1.29, 1.82) is 0 Å². The summed E-state index contributed by atoms with van der Waals surface area (Å²) in [6.45, 7) is 4.12. The first-order valence-electron chi connectivity index (χ1n) is 8.25. The summed E-state index contributed by atoms with van der Waals surface area (Å²) in [6, 6.07) is 9.97. The van der Waals surface area contributed by atoms with Gasteiger partial charge in [0.2, 0.25) is 10.0 Å². The van der Waals surface area contributed by atoms with Gasteiger partial charge in [0.15, 0.2) is 4.80 Å². The van der Waals surface area contributed by atoms with E-state index in [-0.39, 0.29) is 16.3 Å². The fraction of sp³-hybridized carbons (Fsp3) is 0.158. The third-order valence-electron chi connectivity index (χ3n) is 4.03. The van der Waals surface area contributed by atoms with Crippen molar-refractivity contribution < 1.29 is 17.6 Å². The highest BCUT2D eigenvalue weighted by molar-refractivity contribution is 7.89. The molecule has 0 atom stereocenters. The van der Waals surface area contributed by atoms with Crippen molar-refractivity contribution in [2.75, 3.05) is 14.1 Å². The molecule has 0 aliphatic heterocycles. The topological polar surface area (TPSA) is 71.7 Å². The largest absolute Gasteiger partial charge is 0.312 e. The Morgan fingerprint density at radius 2 is 1.93 bits per heavy atom. The van der Waals surface area contributed by atoms with Crippen LogP contribution in [0, 0.1) is 5.82 Å². The fourth-order valence-electron chi connectivity index (χ4n) is 2.57. The van der Waals surface area contributed by atoms with Gasteiger partial charge in [0.25, 0.3) is 5.91 Å². The Morgan fingerprint density at radius 3 is 2.54 bits per heavy atom. The third kappa shape index (κ3) is 3.82. The minimum atomic E-state index is -3.57. The Hall–Kier alpha value is -2.62. The molecule has 1 aromatic heterocycles. The predicted molar refractivity (Wildman–Crippen MR) is 107 cm³/mol. The second-order valence-electron chi connectivity index (χ2n) is 6.12. The molecule has 9 heteroatoms. The van der Waals surface area contributed by atoms with Crippen LogP contribution in [0.2, 0.25) is 0 Å². The van der Waals surface area contributed by atoms with Gasteiger partial charge in [-0.3, -0.25) is 4.79 Å². The van der Waals surface area contributed by atoms with Crippen LogP contribution in [0.3, 0.4) is 0 Å². The highest BCUT2D eigenvalue weighted by Crippen LogP contribution is 2.19. The summed E-state index contributed by atoms with van der Waals surface area (Å²) in [7, 11) is -0.697. The lowest BCUT2D eigenvalue weighted by Crippen LogP contribution is -2.22. The smallest absolute Gasteiger partial charge is 0.279 e. The molecule has 0 aliphatic carbocycles. The minimum absolute atomic E-state index is 0.0908. The first kappa shape index (κ1) is 20.1. The molecule has 0 spiro atoms. The Bertz CT molecular complexity index is 1220. The Morgan fingerprint density at radius 1 is 1.25 bits per heavy atom. The van der Waals surface area contributed by atoms with E-state index in [0.29, 0.717) is 16.0 Å². The molecular formula is C19H18FN3O3S2. The number of rotatable bonds is 5. The van der Waals surface area contributed by atoms with Crippen LogP contribution in [0.4, 0.5) is 4.39 Å². The normalized spacial score (nSPS) is 12.6. The molecule has 0 bridgehead atoms. The number of benzene rings is 2. The zero-order chi connectivity index (χ0) is 20.5. The molecule has 0 aliphatic rings. The molecule has 2 aromatic carbocycles. The highest BCUT2D eigenvalue weighted by Gasteiger charge is 2.17. The minimum Gasteiger partial charge on any atom is -0.312 e. The van der Waals surface area contributed by atoms with Gasteiger partial charge in [0.1, 0.15) is 5.82 Å². The van der Waals surface area contributed by atoms with Crippen molar-refractivity contribution in [2.45, 2.75) is 11.4 Å². The summed E-state index contributed by atoms with van der Waals surface area (Å²) in [4.78, 5) is 17.2. The molecule has 3 rings (SSSR count). The molecule has 0 saturated carbocycles. The number of hydrogen-bond donors (Lipinski definition) is 0. The molecule has 0 radical (unpaired) electrons. The van der Waals surface area contributed by atoms with Gasteiger partial charge in [0, 0.05) is 26.2 Å². The SMILES string of the molecule is C=CCn1c(=NC(=O)c2ccc(S(=O)(=O)N(C)C)cc2)sc2cc(F)ccc21. The number of allylic oxidation sites excluding steroid dienone is 1. The van der Waals surface area contributed by atoms with E-state index in [4.69, 9.17) is 0 Å². The van der Waals surface area contributed by atoms with E-state index < -0.39 is 15.9 Å². The number of fused-ring (bicyclic) bond motifs is 1. The lowest BCUT2D eigenvalue weighted by Gasteiger charge is -2.11. The lowest BCUT2D eigenvalue weighted by atomic mass is 10.2. The maximum atomic E-state index is 13.5. The van der Waals surface area contributed by atoms with Gasteiger partial charge in [-0.15, -0.1) is 6.58 Å². The van der Waals surface area contributed by atoms with Gasteiger partial charge in [-0.2, -0.15) is 4.99 Å². The summed E-state index contributed by atoms with van der Waals surface area (Å²) >= 11 is 1.20. The van der Waals surface area contributed by atoms with Crippen LogP contribution in [0.25, 0.3) is 10.2 Å². The number of nitrogens with zero attached hydrogens (tertiary/aromatic N) is 3. The number of amides is 1. The van der Waals surface area contributed by atoms with Crippen molar-refractivity contribution in [3.8, 4) is 0 Å². The average molecular weight is 420 g/mol. The second kappa shape index (κ2) is 7.78. The van der Waals surface area contributed by atoms with Crippen LogP contribution in [-0.4, -0.2) is 37.3 Å². The standard InChI is InChI=1S/C19H18FN3O3S2/c1-4-11-23-16-10-7-14(20)12-17(16)27-19(23)21-18(24)13-5-8-15(9-6-13)28(25,26)22(2)3/h4-10,12H,1,11H2,2-3H3. The summed E-state index contributed by atoms with van der Waals surface area (Å²) in [5.41, 5.74) is 1.01. The second-order valence-corrected chi connectivity index (χ2v) is 9.29. The van der Waals surface area contributed by atoms with Crippen LogP contribution in [0.5, 0.6) is 0 Å². The van der Waals surface area contributed by atoms with Crippen LogP contribution < -0.4 is 4.80 Å². The molecule has 0 unspecified atom stereocenters. The fourth-order valence-corrected chi connectivity index (χ4v) is 4.53. The maximum Gasteiger partial charge on any atom is 0.279 e. The Kier molecular flexibility index (Phi) is 5.59. The van der Waals surface area contributed by atoms with E-state index in [9.17, 15) is 17.6 Å². The molecule has 146 valence electrons. The summed E-state index contributed by atoms with van der Waals surface area (Å²) in [5, 5.41) is 0. The van der Waals surface area contributed by atoms with Gasteiger partial charge >= 0.3 is 0 Å². The van der Waals surface area contributed by atoms with Crippen molar-refractivity contribution >= 4 is 37.5 Å². The Balaban J connectivity index is 2.03. The van der Waals surface area contributed by atoms with E-state index in [1.54, 1.807) is 16.7 Å². The van der Waals surface area contributed by atoms with Gasteiger partial charge in [0.05, 0.1) is 15.1 Å². The predicted octanol–water partition coefficient (Wildman–Crippen LogP) is 3.02. The molecule has 6 nitrogen and oxygen atoms in total. The molecule has 3 aromatic rings. The van der Waals surface area contributed by atoms with Gasteiger partial charge in [-0.1, -0.05) is 17.4 Å². The number of carbonyl (C=O) groups excluding carboxylic acids is 1. The van der Waals surface area contributed by atoms with Crippen molar-refractivity contribution in [1.82, 2.24) is 8.87 Å². The molecule has 1 heterocycles. The number of thiazole rings is 1. The molecule has 0 saturated heterocycles. The lowest BCUT2D eigenvalue weighted by molar-refractivity contribution is 0.0998. The van der Waals surface area contributed by atoms with Crippen molar-refractivity contribution in [2.24, 2.45) is 4.99 Å². The van der Waals surface area contributed by atoms with E-state index in [2.05, 4.69) is 11.6 Å². The van der Waals surface area contributed by atoms with Gasteiger partial charge in [-0.05, 0) is 42.5 Å². The van der Waals surface area contributed by atoms with Crippen LogP contribution in [0.15, 0.2) is 65.0 Å². The average Bonchev–Trinajstić information content (AvgIpc) is 2.98. The number of halogens is 1. The first-order valence-corrected chi connectivity index (χ1v) is 10.5. The quantitative estimate of drug-likeness (QED) is 0.597. The number of hydrogen-bond acceptors (Lipinski definition) is 4. The Labute approximate surface area is 165 Å². The van der Waals surface area contributed by atoms with Crippen LogP contribution >= 0.6 is 11.3 Å². The van der Waals surface area contributed by atoms with Gasteiger partial charge in [-0.25, -0.2) is 17.1 Å². The molecular weight excluding hydrogens is 401 g/mol. The molecule has 0 fully saturated rings. The third-order valence-corrected chi connectivity index (χ3v) is 6.90. The number of carbonyl (C=O) groups is 1. The van der Waals surface area contributed by atoms with E-state index in [1.165, 1.54) is 61.8 Å². The van der Waals surface area contributed by atoms with E-state index >= 15 is 0 Å². The summed E-state index contributed by atoms with van der Waals surface area (Å²) in [6.07, 6.45) is 1.67. The monoisotopic (exact) mass is 419 g/mol. The first-order chi connectivity index (χ1) is 13.2. The van der Waals surface area contributed by atoms with E-state index in [0.717, 1.165) is 9.82 Å². The highest BCUT2D eigenvalue weighted by atomic mass is 32.2. The zero-order valence-electron chi connectivity index (χ0n) is 15.3. The number of aromatic nitrogens is 1. The molecule has 1 amide bonds. The molecule has 28 heavy (non-hydrogen) atoms. The van der Waals surface area contributed by atoms with Crippen LogP contribution in [-0.2, 0) is 16.6 Å². The zero-order valence-corrected chi connectivity index (χ0v) is 16.9. The van der Waals surface area contributed by atoms with Crippen molar-refractivity contribution in [3.63, 3.8) is 0 Å². The molecule has 0 N–H and O–H groups in total. The van der Waals surface area contributed by atoms with E-state index in [1.807, 2.05) is 0 Å². The van der Waals surface area contributed by atoms with Crippen LogP contribution in [0.1, 0.15) is 10.4 Å². The maximum absolute atomic E-state index is 13.5. The summed E-state index contributed by atoms with van der Waals surface area (Å²) < 4.78 is 41.3. The summed E-state index contributed by atoms with van der Waals surface area (Å²) in [5.74, 6) is -0.881. The number of sulfonamides is 1. The van der Waals surface area contributed by atoms with Gasteiger partial charge < -0.3 is 4.57 Å². The van der Waals surface area contributed by atoms with Crippen molar-refractivity contribution in [3.05, 3.63) is 71.3 Å².